The van der Waals surface area contributed by atoms with Crippen LogP contribution in [0.25, 0.3) is 0 Å². The number of nitrogens with zero attached hydrogens (tertiary/aromatic N) is 2. The van der Waals surface area contributed by atoms with Gasteiger partial charge < -0.3 is 10.2 Å². The first kappa shape index (κ1) is 14.8. The van der Waals surface area contributed by atoms with Crippen molar-refractivity contribution in [1.29, 1.82) is 0 Å². The Morgan fingerprint density at radius 2 is 2.05 bits per heavy atom. The average molecular weight is 355 g/mol. The molecule has 20 heavy (non-hydrogen) atoms. The lowest BCUT2D eigenvalue weighted by Gasteiger charge is -2.11. The zero-order chi connectivity index (χ0) is 14.7. The summed E-state index contributed by atoms with van der Waals surface area (Å²) in [4.78, 5) is 18.2. The van der Waals surface area contributed by atoms with Crippen LogP contribution < -0.4 is 10.2 Å². The largest absolute Gasteiger partial charge is 0.363 e. The predicted octanol–water partition coefficient (Wildman–Crippen LogP) is 3.82. The molecule has 2 rings (SSSR count). The van der Waals surface area contributed by atoms with Gasteiger partial charge in [-0.3, -0.25) is 4.79 Å². The second kappa shape index (κ2) is 6.24. The molecule has 1 N–H and O–H groups in total. The smallest absolute Gasteiger partial charge is 0.255 e. The van der Waals surface area contributed by atoms with Gasteiger partial charge in [0.1, 0.15) is 5.82 Å². The average Bonchev–Trinajstić information content (AvgIpc) is 2.38. The third kappa shape index (κ3) is 3.71. The highest BCUT2D eigenvalue weighted by Crippen LogP contribution is 2.20. The van der Waals surface area contributed by atoms with Crippen LogP contribution in [0.1, 0.15) is 10.4 Å². The molecule has 1 amide bonds. The lowest BCUT2D eigenvalue weighted by molar-refractivity contribution is 0.102. The van der Waals surface area contributed by atoms with Crippen LogP contribution in [0, 0.1) is 0 Å². The summed E-state index contributed by atoms with van der Waals surface area (Å²) in [5, 5.41) is 3.28. The SMILES string of the molecule is CN(C)c1ccc(NC(=O)c2cc(Cl)cc(Br)c2)cn1. The van der Waals surface area contributed by atoms with Gasteiger partial charge in [0.25, 0.3) is 5.91 Å². The number of hydrogen-bond acceptors (Lipinski definition) is 3. The van der Waals surface area contributed by atoms with Crippen molar-refractivity contribution in [3.8, 4) is 0 Å². The van der Waals surface area contributed by atoms with Gasteiger partial charge in [-0.05, 0) is 30.3 Å². The van der Waals surface area contributed by atoms with Gasteiger partial charge in [-0.15, -0.1) is 0 Å². The van der Waals surface area contributed by atoms with E-state index in [1.165, 1.54) is 0 Å². The lowest BCUT2D eigenvalue weighted by Crippen LogP contribution is -2.13. The topological polar surface area (TPSA) is 45.2 Å². The zero-order valence-corrected chi connectivity index (χ0v) is 13.4. The number of hydrogen-bond donors (Lipinski definition) is 1. The molecule has 0 unspecified atom stereocenters. The minimum absolute atomic E-state index is 0.229. The van der Waals surface area contributed by atoms with E-state index in [4.69, 9.17) is 11.6 Å². The maximum atomic E-state index is 12.1. The number of amides is 1. The molecular weight excluding hydrogens is 342 g/mol. The molecule has 0 aliphatic rings. The van der Waals surface area contributed by atoms with Crippen LogP contribution in [0.15, 0.2) is 41.0 Å². The summed E-state index contributed by atoms with van der Waals surface area (Å²) in [6.07, 6.45) is 1.62. The third-order valence-electron chi connectivity index (χ3n) is 2.59. The lowest BCUT2D eigenvalue weighted by atomic mass is 10.2. The number of carbonyl (C=O) groups excluding carboxylic acids is 1. The Balaban J connectivity index is 2.14. The summed E-state index contributed by atoms with van der Waals surface area (Å²) in [6, 6.07) is 8.70. The van der Waals surface area contributed by atoms with E-state index in [-0.39, 0.29) is 5.91 Å². The Labute approximate surface area is 130 Å². The fourth-order valence-corrected chi connectivity index (χ4v) is 2.47. The summed E-state index contributed by atoms with van der Waals surface area (Å²) in [7, 11) is 3.81. The maximum Gasteiger partial charge on any atom is 0.255 e. The summed E-state index contributed by atoms with van der Waals surface area (Å²) in [6.45, 7) is 0. The molecule has 0 aliphatic heterocycles. The molecule has 0 atom stereocenters. The monoisotopic (exact) mass is 353 g/mol. The summed E-state index contributed by atoms with van der Waals surface area (Å²) < 4.78 is 0.760. The molecule has 104 valence electrons. The molecule has 0 saturated carbocycles. The van der Waals surface area contributed by atoms with Crippen LogP contribution in [0.4, 0.5) is 11.5 Å². The number of rotatable bonds is 3. The first-order valence-electron chi connectivity index (χ1n) is 5.86. The van der Waals surface area contributed by atoms with Crippen molar-refractivity contribution in [2.75, 3.05) is 24.3 Å². The molecule has 1 aromatic heterocycles. The standard InChI is InChI=1S/C14H13BrClN3O/c1-19(2)13-4-3-12(8-17-13)18-14(20)9-5-10(15)7-11(16)6-9/h3-8H,1-2H3,(H,18,20). The molecular formula is C14H13BrClN3O. The van der Waals surface area contributed by atoms with Crippen molar-refractivity contribution in [3.05, 3.63) is 51.6 Å². The molecule has 4 nitrogen and oxygen atoms in total. The van der Waals surface area contributed by atoms with Crippen molar-refractivity contribution in [2.45, 2.75) is 0 Å². The fourth-order valence-electron chi connectivity index (χ4n) is 1.61. The van der Waals surface area contributed by atoms with Gasteiger partial charge in [-0.2, -0.15) is 0 Å². The number of benzene rings is 1. The van der Waals surface area contributed by atoms with Crippen molar-refractivity contribution in [2.24, 2.45) is 0 Å². The van der Waals surface area contributed by atoms with E-state index in [2.05, 4.69) is 26.2 Å². The van der Waals surface area contributed by atoms with Gasteiger partial charge in [-0.1, -0.05) is 27.5 Å². The summed E-state index contributed by atoms with van der Waals surface area (Å²) in [5.74, 6) is 0.598. The Morgan fingerprint density at radius 3 is 2.60 bits per heavy atom. The molecule has 0 radical (unpaired) electrons. The number of aromatic nitrogens is 1. The first-order valence-corrected chi connectivity index (χ1v) is 7.03. The number of pyridine rings is 1. The third-order valence-corrected chi connectivity index (χ3v) is 3.26. The summed E-state index contributed by atoms with van der Waals surface area (Å²) in [5.41, 5.74) is 1.12. The van der Waals surface area contributed by atoms with Crippen molar-refractivity contribution >= 4 is 44.9 Å². The van der Waals surface area contributed by atoms with E-state index in [1.807, 2.05) is 25.1 Å². The molecule has 0 saturated heterocycles. The molecule has 0 aliphatic carbocycles. The van der Waals surface area contributed by atoms with E-state index in [0.717, 1.165) is 10.3 Å². The van der Waals surface area contributed by atoms with E-state index >= 15 is 0 Å². The van der Waals surface area contributed by atoms with E-state index < -0.39 is 0 Å². The highest BCUT2D eigenvalue weighted by Gasteiger charge is 2.08. The number of anilines is 2. The van der Waals surface area contributed by atoms with Crippen LogP contribution in [0.3, 0.4) is 0 Å². The normalized spacial score (nSPS) is 10.2. The van der Waals surface area contributed by atoms with Gasteiger partial charge in [0.05, 0.1) is 11.9 Å². The van der Waals surface area contributed by atoms with Gasteiger partial charge in [0.15, 0.2) is 0 Å². The molecule has 2 aromatic rings. The molecule has 0 fully saturated rings. The van der Waals surface area contributed by atoms with E-state index in [1.54, 1.807) is 30.5 Å². The Kier molecular flexibility index (Phi) is 4.62. The summed E-state index contributed by atoms with van der Waals surface area (Å²) >= 11 is 9.23. The Bertz CT molecular complexity index is 609. The molecule has 1 heterocycles. The van der Waals surface area contributed by atoms with Gasteiger partial charge in [0, 0.05) is 29.2 Å². The van der Waals surface area contributed by atoms with E-state index in [9.17, 15) is 4.79 Å². The zero-order valence-electron chi connectivity index (χ0n) is 11.0. The molecule has 0 bridgehead atoms. The highest BCUT2D eigenvalue weighted by atomic mass is 79.9. The molecule has 1 aromatic carbocycles. The highest BCUT2D eigenvalue weighted by molar-refractivity contribution is 9.10. The second-order valence-corrected chi connectivity index (χ2v) is 5.76. The maximum absolute atomic E-state index is 12.1. The van der Waals surface area contributed by atoms with Crippen LogP contribution in [0.2, 0.25) is 5.02 Å². The quantitative estimate of drug-likeness (QED) is 0.911. The first-order chi connectivity index (χ1) is 9.45. The number of carbonyl (C=O) groups is 1. The van der Waals surface area contributed by atoms with Crippen molar-refractivity contribution in [3.63, 3.8) is 0 Å². The van der Waals surface area contributed by atoms with Crippen LogP contribution in [-0.2, 0) is 0 Å². The molecule has 6 heteroatoms. The van der Waals surface area contributed by atoms with E-state index in [0.29, 0.717) is 16.3 Å². The van der Waals surface area contributed by atoms with Crippen LogP contribution >= 0.6 is 27.5 Å². The van der Waals surface area contributed by atoms with Crippen LogP contribution in [-0.4, -0.2) is 25.0 Å². The van der Waals surface area contributed by atoms with Crippen LogP contribution in [0.5, 0.6) is 0 Å². The Hall–Kier alpha value is -1.59. The number of halogens is 2. The van der Waals surface area contributed by atoms with Gasteiger partial charge >= 0.3 is 0 Å². The second-order valence-electron chi connectivity index (χ2n) is 4.41. The Morgan fingerprint density at radius 1 is 1.30 bits per heavy atom. The van der Waals surface area contributed by atoms with Gasteiger partial charge in [-0.25, -0.2) is 4.98 Å². The van der Waals surface area contributed by atoms with Crippen molar-refractivity contribution in [1.82, 2.24) is 4.98 Å². The minimum atomic E-state index is -0.229. The number of nitrogens with one attached hydrogen (secondary N) is 1. The molecule has 0 spiro atoms. The van der Waals surface area contributed by atoms with Crippen molar-refractivity contribution < 1.29 is 4.79 Å². The predicted molar refractivity (Wildman–Crippen MR) is 85.7 cm³/mol. The minimum Gasteiger partial charge on any atom is -0.363 e. The fraction of sp³-hybridized carbons (Fsp3) is 0.143. The van der Waals surface area contributed by atoms with Gasteiger partial charge in [0.2, 0.25) is 0 Å².